The summed E-state index contributed by atoms with van der Waals surface area (Å²) in [5.74, 6) is 0. The van der Waals surface area contributed by atoms with E-state index in [1.54, 1.807) is 0 Å². The topological polar surface area (TPSA) is 3.24 Å². The van der Waals surface area contributed by atoms with Gasteiger partial charge in [0.05, 0.1) is 0 Å². The maximum Gasteiger partial charge on any atom is 0.0477 e. The lowest BCUT2D eigenvalue weighted by Crippen LogP contribution is -2.30. The molecule has 0 radical (unpaired) electrons. The molecule has 0 saturated heterocycles. The average molecular weight is 227 g/mol. The van der Waals surface area contributed by atoms with Crippen LogP contribution in [0.5, 0.6) is 0 Å². The van der Waals surface area contributed by atoms with Gasteiger partial charge in [0.1, 0.15) is 0 Å². The molecule has 1 unspecified atom stereocenters. The van der Waals surface area contributed by atoms with Gasteiger partial charge in [0, 0.05) is 24.0 Å². The maximum absolute atomic E-state index is 4.21. The summed E-state index contributed by atoms with van der Waals surface area (Å²) in [6.07, 6.45) is 2.98. The zero-order valence-corrected chi connectivity index (χ0v) is 11.6. The number of rotatable bonds is 7. The van der Waals surface area contributed by atoms with Crippen molar-refractivity contribution < 1.29 is 0 Å². The number of allylic oxidation sites excluding steroid dienone is 1. The number of hydrogen-bond acceptors (Lipinski definition) is 2. The first-order valence-corrected chi connectivity index (χ1v) is 6.52. The Hall–Kier alpha value is -0.370. The first-order chi connectivity index (χ1) is 6.90. The Labute approximate surface area is 99.6 Å². The summed E-state index contributed by atoms with van der Waals surface area (Å²) in [4.78, 5) is 2.25. The molecule has 0 fully saturated rings. The van der Waals surface area contributed by atoms with Gasteiger partial charge in [0.15, 0.2) is 0 Å². The molecule has 2 heteroatoms. The average Bonchev–Trinajstić information content (AvgIpc) is 2.14. The van der Waals surface area contributed by atoms with Gasteiger partial charge in [-0.05, 0) is 25.5 Å². The predicted octanol–water partition coefficient (Wildman–Crippen LogP) is 3.93. The van der Waals surface area contributed by atoms with E-state index >= 15 is 0 Å². The molecule has 0 aliphatic rings. The van der Waals surface area contributed by atoms with E-state index < -0.39 is 0 Å². The minimum absolute atomic E-state index is 0.467. The summed E-state index contributed by atoms with van der Waals surface area (Å²) < 4.78 is 0. The molecule has 0 saturated carbocycles. The second kappa shape index (κ2) is 7.00. The highest BCUT2D eigenvalue weighted by molar-refractivity contribution is 8.00. The summed E-state index contributed by atoms with van der Waals surface area (Å²) >= 11 is 1.97. The monoisotopic (exact) mass is 227 g/mol. The summed E-state index contributed by atoms with van der Waals surface area (Å²) in [5, 5.41) is 1.10. The highest BCUT2D eigenvalue weighted by Crippen LogP contribution is 2.28. The van der Waals surface area contributed by atoms with Gasteiger partial charge >= 0.3 is 0 Å². The molecule has 0 spiro atoms. The minimum atomic E-state index is 0.467. The molecular weight excluding hydrogens is 202 g/mol. The highest BCUT2D eigenvalue weighted by atomic mass is 32.2. The SMILES string of the molecule is C=CCC(SC(C)C)C(=C)N(C)C(C)C. The normalized spacial score (nSPS) is 13.0. The van der Waals surface area contributed by atoms with Crippen LogP contribution in [-0.4, -0.2) is 28.5 Å². The summed E-state index contributed by atoms with van der Waals surface area (Å²) in [6.45, 7) is 16.9. The summed E-state index contributed by atoms with van der Waals surface area (Å²) in [5.41, 5.74) is 1.21. The van der Waals surface area contributed by atoms with Crippen LogP contribution in [-0.2, 0) is 0 Å². The van der Waals surface area contributed by atoms with Crippen molar-refractivity contribution in [3.05, 3.63) is 24.9 Å². The van der Waals surface area contributed by atoms with Crippen molar-refractivity contribution in [3.63, 3.8) is 0 Å². The summed E-state index contributed by atoms with van der Waals surface area (Å²) in [7, 11) is 2.12. The predicted molar refractivity (Wildman–Crippen MR) is 73.4 cm³/mol. The van der Waals surface area contributed by atoms with Gasteiger partial charge in [0.2, 0.25) is 0 Å². The van der Waals surface area contributed by atoms with E-state index in [1.165, 1.54) is 5.70 Å². The third kappa shape index (κ3) is 5.31. The van der Waals surface area contributed by atoms with Crippen LogP contribution in [0.2, 0.25) is 0 Å². The Kier molecular flexibility index (Phi) is 6.82. The fraction of sp³-hybridized carbons (Fsp3) is 0.692. The van der Waals surface area contributed by atoms with Crippen molar-refractivity contribution in [2.45, 2.75) is 50.7 Å². The third-order valence-electron chi connectivity index (χ3n) is 2.42. The van der Waals surface area contributed by atoms with E-state index in [-0.39, 0.29) is 0 Å². The smallest absolute Gasteiger partial charge is 0.0477 e. The van der Waals surface area contributed by atoms with Crippen molar-refractivity contribution >= 4 is 11.8 Å². The molecule has 1 nitrogen and oxygen atoms in total. The van der Waals surface area contributed by atoms with E-state index in [1.807, 2.05) is 17.8 Å². The summed E-state index contributed by atoms with van der Waals surface area (Å²) in [6, 6.07) is 0.512. The van der Waals surface area contributed by atoms with Gasteiger partial charge in [0.25, 0.3) is 0 Å². The van der Waals surface area contributed by atoms with Crippen LogP contribution in [0.4, 0.5) is 0 Å². The van der Waals surface area contributed by atoms with Gasteiger partial charge in [-0.1, -0.05) is 26.5 Å². The van der Waals surface area contributed by atoms with Gasteiger partial charge < -0.3 is 4.90 Å². The van der Waals surface area contributed by atoms with Crippen molar-refractivity contribution in [2.75, 3.05) is 7.05 Å². The van der Waals surface area contributed by atoms with E-state index in [9.17, 15) is 0 Å². The molecule has 0 aromatic rings. The Balaban J connectivity index is 4.46. The maximum atomic E-state index is 4.21. The van der Waals surface area contributed by atoms with Gasteiger partial charge in [-0.3, -0.25) is 0 Å². The van der Waals surface area contributed by atoms with Crippen LogP contribution >= 0.6 is 11.8 Å². The Morgan fingerprint density at radius 1 is 1.33 bits per heavy atom. The van der Waals surface area contributed by atoms with Gasteiger partial charge in [-0.25, -0.2) is 0 Å². The second-order valence-electron chi connectivity index (χ2n) is 4.39. The molecular formula is C13H25NS. The van der Waals surface area contributed by atoms with Crippen molar-refractivity contribution in [1.29, 1.82) is 0 Å². The zero-order chi connectivity index (χ0) is 12.0. The van der Waals surface area contributed by atoms with E-state index in [4.69, 9.17) is 0 Å². The van der Waals surface area contributed by atoms with Gasteiger partial charge in [-0.15, -0.1) is 18.3 Å². The number of nitrogens with zero attached hydrogens (tertiary/aromatic N) is 1. The molecule has 0 heterocycles. The fourth-order valence-electron chi connectivity index (χ4n) is 1.31. The quantitative estimate of drug-likeness (QED) is 0.606. The standard InChI is InChI=1S/C13H25NS/c1-8-9-13(15-11(4)5)12(6)14(7)10(2)3/h8,10-11,13H,1,6,9H2,2-5,7H3. The largest absolute Gasteiger partial charge is 0.375 e. The lowest BCUT2D eigenvalue weighted by atomic mass is 10.2. The van der Waals surface area contributed by atoms with Crippen LogP contribution in [0.3, 0.4) is 0 Å². The zero-order valence-electron chi connectivity index (χ0n) is 10.8. The van der Waals surface area contributed by atoms with E-state index in [2.05, 4.69) is 52.8 Å². The Morgan fingerprint density at radius 2 is 1.87 bits per heavy atom. The molecule has 1 atom stereocenters. The number of thioether (sulfide) groups is 1. The molecule has 0 aromatic carbocycles. The third-order valence-corrected chi connectivity index (χ3v) is 3.75. The molecule has 0 rings (SSSR count). The Morgan fingerprint density at radius 3 is 2.20 bits per heavy atom. The molecule has 0 bridgehead atoms. The van der Waals surface area contributed by atoms with Crippen molar-refractivity contribution in [3.8, 4) is 0 Å². The van der Waals surface area contributed by atoms with Crippen molar-refractivity contribution in [1.82, 2.24) is 4.90 Å². The van der Waals surface area contributed by atoms with Crippen LogP contribution in [0.15, 0.2) is 24.9 Å². The second-order valence-corrected chi connectivity index (χ2v) is 6.18. The molecule has 15 heavy (non-hydrogen) atoms. The van der Waals surface area contributed by atoms with Gasteiger partial charge in [-0.2, -0.15) is 0 Å². The lowest BCUT2D eigenvalue weighted by Gasteiger charge is -2.31. The fourth-order valence-corrected chi connectivity index (χ4v) is 2.54. The molecule has 0 aromatic heterocycles. The van der Waals surface area contributed by atoms with Crippen LogP contribution in [0.1, 0.15) is 34.1 Å². The lowest BCUT2D eigenvalue weighted by molar-refractivity contribution is 0.336. The molecule has 0 aliphatic carbocycles. The molecule has 0 aliphatic heterocycles. The van der Waals surface area contributed by atoms with E-state index in [0.717, 1.165) is 6.42 Å². The Bertz CT molecular complexity index is 209. The number of hydrogen-bond donors (Lipinski definition) is 0. The highest BCUT2D eigenvalue weighted by Gasteiger charge is 2.18. The van der Waals surface area contributed by atoms with Crippen molar-refractivity contribution in [2.24, 2.45) is 0 Å². The van der Waals surface area contributed by atoms with E-state index in [0.29, 0.717) is 16.5 Å². The first-order valence-electron chi connectivity index (χ1n) is 5.58. The molecule has 0 N–H and O–H groups in total. The molecule has 0 amide bonds. The first kappa shape index (κ1) is 14.6. The molecule has 88 valence electrons. The van der Waals surface area contributed by atoms with Crippen LogP contribution in [0.25, 0.3) is 0 Å². The minimum Gasteiger partial charge on any atom is -0.375 e. The van der Waals surface area contributed by atoms with Crippen LogP contribution in [0, 0.1) is 0 Å². The van der Waals surface area contributed by atoms with Crippen LogP contribution < -0.4 is 0 Å².